The van der Waals surface area contributed by atoms with E-state index in [1.54, 1.807) is 12.1 Å². The van der Waals surface area contributed by atoms with Crippen molar-refractivity contribution in [2.24, 2.45) is 0 Å². The molecule has 2 aromatic carbocycles. The molecule has 0 amide bonds. The summed E-state index contributed by atoms with van der Waals surface area (Å²) < 4.78 is 0. The Hall–Kier alpha value is -1.96. The van der Waals surface area contributed by atoms with Gasteiger partial charge >= 0.3 is 0 Å². The summed E-state index contributed by atoms with van der Waals surface area (Å²) >= 11 is 0. The third-order valence-electron chi connectivity index (χ3n) is 3.85. The first-order chi connectivity index (χ1) is 9.62. The molecule has 0 saturated carbocycles. The highest BCUT2D eigenvalue weighted by molar-refractivity contribution is 5.73. The van der Waals surface area contributed by atoms with E-state index in [1.807, 2.05) is 19.1 Å². The van der Waals surface area contributed by atoms with Crippen LogP contribution in [0.2, 0.25) is 0 Å². The summed E-state index contributed by atoms with van der Waals surface area (Å²) in [6.07, 6.45) is 2.50. The van der Waals surface area contributed by atoms with Crippen molar-refractivity contribution in [1.29, 1.82) is 0 Å². The molecule has 2 aromatic rings. The van der Waals surface area contributed by atoms with Gasteiger partial charge in [-0.3, -0.25) is 0 Å². The maximum atomic E-state index is 10.5. The molecule has 0 bridgehead atoms. The normalized spacial score (nSPS) is 10.8. The monoisotopic (exact) mass is 270 g/mol. The molecule has 106 valence electrons. The van der Waals surface area contributed by atoms with Crippen LogP contribution in [-0.4, -0.2) is 10.2 Å². The van der Waals surface area contributed by atoms with Crippen molar-refractivity contribution in [3.8, 4) is 22.6 Å². The lowest BCUT2D eigenvalue weighted by Crippen LogP contribution is -1.99. The Morgan fingerprint density at radius 3 is 2.10 bits per heavy atom. The van der Waals surface area contributed by atoms with E-state index in [4.69, 9.17) is 0 Å². The summed E-state index contributed by atoms with van der Waals surface area (Å²) in [5, 5.41) is 20.2. The summed E-state index contributed by atoms with van der Waals surface area (Å²) in [5.41, 5.74) is 5.17. The predicted octanol–water partition coefficient (Wildman–Crippen LogP) is 4.45. The van der Waals surface area contributed by atoms with Crippen molar-refractivity contribution in [3.63, 3.8) is 0 Å². The third kappa shape index (κ3) is 2.51. The lowest BCUT2D eigenvalue weighted by atomic mass is 9.89. The molecule has 2 nitrogen and oxygen atoms in total. The fourth-order valence-corrected chi connectivity index (χ4v) is 2.81. The predicted molar refractivity (Wildman–Crippen MR) is 83.3 cm³/mol. The van der Waals surface area contributed by atoms with Crippen LogP contribution in [0.4, 0.5) is 0 Å². The van der Waals surface area contributed by atoms with Crippen LogP contribution in [0.15, 0.2) is 30.3 Å². The maximum Gasteiger partial charge on any atom is 0.122 e. The van der Waals surface area contributed by atoms with E-state index < -0.39 is 0 Å². The van der Waals surface area contributed by atoms with Gasteiger partial charge in [0.15, 0.2) is 0 Å². The molecule has 2 N–H and O–H groups in total. The van der Waals surface area contributed by atoms with Crippen molar-refractivity contribution in [1.82, 2.24) is 0 Å². The number of aromatic hydroxyl groups is 2. The zero-order chi connectivity index (χ0) is 14.7. The van der Waals surface area contributed by atoms with Crippen LogP contribution < -0.4 is 0 Å². The van der Waals surface area contributed by atoms with Crippen LogP contribution in [-0.2, 0) is 19.3 Å². The summed E-state index contributed by atoms with van der Waals surface area (Å²) in [6, 6.07) is 9.38. The van der Waals surface area contributed by atoms with Crippen LogP contribution in [0.1, 0.15) is 37.5 Å². The number of phenolic OH excluding ortho intramolecular Hbond substituents is 2. The van der Waals surface area contributed by atoms with E-state index in [2.05, 4.69) is 19.9 Å². The lowest BCUT2D eigenvalue weighted by molar-refractivity contribution is 0.461. The average Bonchev–Trinajstić information content (AvgIpc) is 2.46. The molecule has 0 aromatic heterocycles. The van der Waals surface area contributed by atoms with Crippen molar-refractivity contribution in [2.45, 2.75) is 40.0 Å². The van der Waals surface area contributed by atoms with Crippen LogP contribution >= 0.6 is 0 Å². The molecule has 0 atom stereocenters. The largest absolute Gasteiger partial charge is 0.508 e. The molecule has 2 heteroatoms. The van der Waals surface area contributed by atoms with Crippen LogP contribution in [0.5, 0.6) is 11.5 Å². The molecule has 0 fully saturated rings. The Balaban J connectivity index is 2.72. The Morgan fingerprint density at radius 2 is 1.55 bits per heavy atom. The van der Waals surface area contributed by atoms with Gasteiger partial charge in [0, 0.05) is 5.56 Å². The Labute approximate surface area is 120 Å². The highest BCUT2D eigenvalue weighted by Crippen LogP contribution is 2.37. The fraction of sp³-hybridized carbons (Fsp3) is 0.333. The topological polar surface area (TPSA) is 40.5 Å². The minimum absolute atomic E-state index is 0.252. The van der Waals surface area contributed by atoms with Gasteiger partial charge in [-0.05, 0) is 53.6 Å². The van der Waals surface area contributed by atoms with Crippen LogP contribution in [0, 0.1) is 0 Å². The first kappa shape index (κ1) is 14.4. The van der Waals surface area contributed by atoms with Gasteiger partial charge in [-0.2, -0.15) is 0 Å². The molecule has 0 heterocycles. The zero-order valence-corrected chi connectivity index (χ0v) is 12.4. The molecule has 0 unspecified atom stereocenters. The van der Waals surface area contributed by atoms with E-state index in [-0.39, 0.29) is 5.75 Å². The van der Waals surface area contributed by atoms with Crippen LogP contribution in [0.25, 0.3) is 11.1 Å². The van der Waals surface area contributed by atoms with Crippen molar-refractivity contribution in [2.75, 3.05) is 0 Å². The third-order valence-corrected chi connectivity index (χ3v) is 3.85. The van der Waals surface area contributed by atoms with E-state index in [0.29, 0.717) is 5.75 Å². The van der Waals surface area contributed by atoms with E-state index >= 15 is 0 Å². The number of rotatable bonds is 4. The van der Waals surface area contributed by atoms with Gasteiger partial charge in [0.05, 0.1) is 0 Å². The quantitative estimate of drug-likeness (QED) is 0.861. The van der Waals surface area contributed by atoms with E-state index in [0.717, 1.165) is 41.5 Å². The molecule has 2 rings (SSSR count). The lowest BCUT2D eigenvalue weighted by Gasteiger charge is -2.17. The molecule has 0 radical (unpaired) electrons. The first-order valence-corrected chi connectivity index (χ1v) is 7.28. The highest BCUT2D eigenvalue weighted by Gasteiger charge is 2.15. The van der Waals surface area contributed by atoms with Gasteiger partial charge < -0.3 is 10.2 Å². The number of hydrogen-bond acceptors (Lipinski definition) is 2. The standard InChI is InChI=1S/C18H22O2/c1-4-12-11-17(13-8-7-9-14(19)10-13)16(6-3)18(20)15(12)5-2/h7-11,19-20H,4-6H2,1-3H3. The van der Waals surface area contributed by atoms with Gasteiger partial charge in [-0.1, -0.05) is 39.0 Å². The van der Waals surface area contributed by atoms with Crippen molar-refractivity contribution in [3.05, 3.63) is 47.0 Å². The van der Waals surface area contributed by atoms with Gasteiger partial charge in [0.25, 0.3) is 0 Å². The molecular formula is C18H22O2. The van der Waals surface area contributed by atoms with Crippen molar-refractivity contribution >= 4 is 0 Å². The number of benzene rings is 2. The summed E-state index contributed by atoms with van der Waals surface area (Å²) in [7, 11) is 0. The molecule has 0 saturated heterocycles. The number of phenols is 2. The maximum absolute atomic E-state index is 10.5. The smallest absolute Gasteiger partial charge is 0.122 e. The second-order valence-electron chi connectivity index (χ2n) is 5.00. The molecule has 0 aliphatic heterocycles. The van der Waals surface area contributed by atoms with E-state index in [1.165, 1.54) is 5.56 Å². The Kier molecular flexibility index (Phi) is 4.33. The highest BCUT2D eigenvalue weighted by atomic mass is 16.3. The second-order valence-corrected chi connectivity index (χ2v) is 5.00. The van der Waals surface area contributed by atoms with Gasteiger partial charge in [-0.15, -0.1) is 0 Å². The Morgan fingerprint density at radius 1 is 0.850 bits per heavy atom. The minimum Gasteiger partial charge on any atom is -0.508 e. The van der Waals surface area contributed by atoms with Crippen LogP contribution in [0.3, 0.4) is 0 Å². The molecule has 20 heavy (non-hydrogen) atoms. The summed E-state index contributed by atoms with van der Waals surface area (Å²) in [4.78, 5) is 0. The summed E-state index contributed by atoms with van der Waals surface area (Å²) in [5.74, 6) is 0.675. The summed E-state index contributed by atoms with van der Waals surface area (Å²) in [6.45, 7) is 6.22. The SMILES string of the molecule is CCc1cc(-c2cccc(O)c2)c(CC)c(O)c1CC. The Bertz CT molecular complexity index is 615. The molecule has 0 spiro atoms. The molecule has 0 aliphatic rings. The average molecular weight is 270 g/mol. The van der Waals surface area contributed by atoms with E-state index in [9.17, 15) is 10.2 Å². The minimum atomic E-state index is 0.252. The second kappa shape index (κ2) is 6.00. The molecular weight excluding hydrogens is 248 g/mol. The first-order valence-electron chi connectivity index (χ1n) is 7.28. The van der Waals surface area contributed by atoms with Gasteiger partial charge in [0.1, 0.15) is 11.5 Å². The number of aryl methyl sites for hydroxylation is 1. The van der Waals surface area contributed by atoms with Gasteiger partial charge in [-0.25, -0.2) is 0 Å². The van der Waals surface area contributed by atoms with Crippen molar-refractivity contribution < 1.29 is 10.2 Å². The molecule has 0 aliphatic carbocycles. The zero-order valence-electron chi connectivity index (χ0n) is 12.4. The number of hydrogen-bond donors (Lipinski definition) is 2. The fourth-order valence-electron chi connectivity index (χ4n) is 2.81. The van der Waals surface area contributed by atoms with Gasteiger partial charge in [0.2, 0.25) is 0 Å².